The number of hydrogen-bond donors (Lipinski definition) is 3. The molecule has 94 valence electrons. The van der Waals surface area contributed by atoms with Crippen LogP contribution in [0.3, 0.4) is 0 Å². The summed E-state index contributed by atoms with van der Waals surface area (Å²) in [5.41, 5.74) is 13.7. The number of rotatable bonds is 4. The lowest BCUT2D eigenvalue weighted by molar-refractivity contribution is 0.0398. The van der Waals surface area contributed by atoms with Crippen LogP contribution in [-0.4, -0.2) is 44.3 Å². The average Bonchev–Trinajstić information content (AvgIpc) is 2.35. The summed E-state index contributed by atoms with van der Waals surface area (Å²) in [4.78, 5) is 2.39. The first-order valence-electron chi connectivity index (χ1n) is 5.94. The number of hydrogen-bond acceptors (Lipinski definition) is 5. The van der Waals surface area contributed by atoms with Crippen LogP contribution in [0, 0.1) is 0 Å². The Hall–Kier alpha value is -1.46. The van der Waals surface area contributed by atoms with Gasteiger partial charge in [-0.25, -0.2) is 0 Å². The second-order valence-electron chi connectivity index (χ2n) is 4.22. The summed E-state index contributed by atoms with van der Waals surface area (Å²) in [6.45, 7) is 5.65. The van der Waals surface area contributed by atoms with Crippen molar-refractivity contribution in [3.63, 3.8) is 0 Å². The Bertz CT molecular complexity index is 364. The van der Waals surface area contributed by atoms with Crippen molar-refractivity contribution < 1.29 is 4.74 Å². The third kappa shape index (κ3) is 3.51. The van der Waals surface area contributed by atoms with Gasteiger partial charge in [0.05, 0.1) is 24.6 Å². The molecule has 0 bridgehead atoms. The molecule has 17 heavy (non-hydrogen) atoms. The lowest BCUT2D eigenvalue weighted by Crippen LogP contribution is -2.39. The van der Waals surface area contributed by atoms with Gasteiger partial charge < -0.3 is 21.5 Å². The molecular weight excluding hydrogens is 216 g/mol. The number of ether oxygens (including phenoxy) is 1. The van der Waals surface area contributed by atoms with Gasteiger partial charge in [-0.05, 0) is 18.2 Å². The van der Waals surface area contributed by atoms with E-state index >= 15 is 0 Å². The van der Waals surface area contributed by atoms with Crippen LogP contribution in [0.1, 0.15) is 0 Å². The lowest BCUT2D eigenvalue weighted by Gasteiger charge is -2.26. The molecular formula is C12H20N4O. The van der Waals surface area contributed by atoms with E-state index in [-0.39, 0.29) is 0 Å². The predicted molar refractivity (Wildman–Crippen MR) is 71.0 cm³/mol. The van der Waals surface area contributed by atoms with Crippen molar-refractivity contribution in [3.05, 3.63) is 18.2 Å². The third-order valence-electron chi connectivity index (χ3n) is 2.95. The summed E-state index contributed by atoms with van der Waals surface area (Å²) in [7, 11) is 0. The van der Waals surface area contributed by atoms with Crippen molar-refractivity contribution in [2.45, 2.75) is 0 Å². The van der Waals surface area contributed by atoms with Gasteiger partial charge in [0.25, 0.3) is 0 Å². The molecule has 1 heterocycles. The largest absolute Gasteiger partial charge is 0.397 e. The average molecular weight is 236 g/mol. The van der Waals surface area contributed by atoms with Gasteiger partial charge in [0.2, 0.25) is 0 Å². The second-order valence-corrected chi connectivity index (χ2v) is 4.22. The normalized spacial score (nSPS) is 16.9. The fourth-order valence-electron chi connectivity index (χ4n) is 1.87. The highest BCUT2D eigenvalue weighted by molar-refractivity contribution is 5.69. The quantitative estimate of drug-likeness (QED) is 0.667. The van der Waals surface area contributed by atoms with Gasteiger partial charge in [0.15, 0.2) is 0 Å². The van der Waals surface area contributed by atoms with Gasteiger partial charge in [-0.1, -0.05) is 0 Å². The first-order valence-corrected chi connectivity index (χ1v) is 5.94. The first-order chi connectivity index (χ1) is 8.25. The van der Waals surface area contributed by atoms with Crippen LogP contribution >= 0.6 is 0 Å². The van der Waals surface area contributed by atoms with E-state index in [2.05, 4.69) is 10.2 Å². The highest BCUT2D eigenvalue weighted by atomic mass is 16.5. The van der Waals surface area contributed by atoms with Crippen LogP contribution in [0.15, 0.2) is 18.2 Å². The first kappa shape index (κ1) is 12.0. The number of nitrogens with two attached hydrogens (primary N) is 2. The maximum atomic E-state index is 5.74. The van der Waals surface area contributed by atoms with Crippen molar-refractivity contribution in [3.8, 4) is 0 Å². The maximum Gasteiger partial charge on any atom is 0.0594 e. The van der Waals surface area contributed by atoms with Crippen LogP contribution in [0.5, 0.6) is 0 Å². The van der Waals surface area contributed by atoms with Gasteiger partial charge >= 0.3 is 0 Å². The fraction of sp³-hybridized carbons (Fsp3) is 0.500. The predicted octanol–water partition coefficient (Wildman–Crippen LogP) is 0.595. The zero-order valence-electron chi connectivity index (χ0n) is 9.98. The number of anilines is 3. The minimum atomic E-state index is 0.626. The van der Waals surface area contributed by atoms with Gasteiger partial charge in [-0.15, -0.1) is 0 Å². The molecule has 5 heteroatoms. The van der Waals surface area contributed by atoms with Gasteiger partial charge in [0, 0.05) is 31.9 Å². The Labute approximate surface area is 102 Å². The Balaban J connectivity index is 1.75. The van der Waals surface area contributed by atoms with E-state index in [1.807, 2.05) is 18.2 Å². The molecule has 0 atom stereocenters. The fourth-order valence-corrected chi connectivity index (χ4v) is 1.87. The van der Waals surface area contributed by atoms with Gasteiger partial charge in [-0.2, -0.15) is 0 Å². The highest BCUT2D eigenvalue weighted by Gasteiger charge is 2.09. The summed E-state index contributed by atoms with van der Waals surface area (Å²) < 4.78 is 5.30. The van der Waals surface area contributed by atoms with Crippen LogP contribution in [0.2, 0.25) is 0 Å². The minimum Gasteiger partial charge on any atom is -0.397 e. The van der Waals surface area contributed by atoms with E-state index in [0.29, 0.717) is 11.4 Å². The molecule has 1 aliphatic heterocycles. The molecule has 0 unspecified atom stereocenters. The highest BCUT2D eigenvalue weighted by Crippen LogP contribution is 2.19. The molecule has 0 amide bonds. The molecule has 0 aromatic heterocycles. The monoisotopic (exact) mass is 236 g/mol. The smallest absolute Gasteiger partial charge is 0.0594 e. The van der Waals surface area contributed by atoms with Crippen LogP contribution in [0.25, 0.3) is 0 Å². The van der Waals surface area contributed by atoms with Crippen LogP contribution in [0.4, 0.5) is 17.1 Å². The van der Waals surface area contributed by atoms with E-state index in [4.69, 9.17) is 16.2 Å². The number of benzene rings is 1. The van der Waals surface area contributed by atoms with E-state index in [9.17, 15) is 0 Å². The van der Waals surface area contributed by atoms with Gasteiger partial charge in [0.1, 0.15) is 0 Å². The number of nitrogen functional groups attached to an aromatic ring is 2. The summed E-state index contributed by atoms with van der Waals surface area (Å²) in [5, 5.41) is 3.34. The summed E-state index contributed by atoms with van der Waals surface area (Å²) >= 11 is 0. The molecule has 1 aliphatic rings. The van der Waals surface area contributed by atoms with Crippen molar-refractivity contribution in [1.82, 2.24) is 4.90 Å². The molecule has 1 fully saturated rings. The lowest BCUT2D eigenvalue weighted by atomic mass is 10.2. The standard InChI is InChI=1S/C12H20N4O/c13-11-2-1-10(9-12(11)14)15-3-4-16-5-7-17-8-6-16/h1-2,9,15H,3-8,13-14H2. The number of nitrogens with zero attached hydrogens (tertiary/aromatic N) is 1. The van der Waals surface area contributed by atoms with E-state index in [1.54, 1.807) is 0 Å². The van der Waals surface area contributed by atoms with Crippen molar-refractivity contribution in [1.29, 1.82) is 0 Å². The SMILES string of the molecule is Nc1ccc(NCCN2CCOCC2)cc1N. The summed E-state index contributed by atoms with van der Waals surface area (Å²) in [6.07, 6.45) is 0. The van der Waals surface area contributed by atoms with Crippen LogP contribution < -0.4 is 16.8 Å². The second kappa shape index (κ2) is 5.75. The zero-order chi connectivity index (χ0) is 12.1. The topological polar surface area (TPSA) is 76.5 Å². The zero-order valence-corrected chi connectivity index (χ0v) is 9.98. The Morgan fingerprint density at radius 1 is 1.18 bits per heavy atom. The van der Waals surface area contributed by atoms with Crippen molar-refractivity contribution in [2.24, 2.45) is 0 Å². The van der Waals surface area contributed by atoms with Gasteiger partial charge in [-0.3, -0.25) is 4.90 Å². The van der Waals surface area contributed by atoms with E-state index in [0.717, 1.165) is 45.1 Å². The molecule has 5 N–H and O–H groups in total. The summed E-state index contributed by atoms with van der Waals surface area (Å²) in [5.74, 6) is 0. The third-order valence-corrected chi connectivity index (χ3v) is 2.95. The van der Waals surface area contributed by atoms with Crippen LogP contribution in [-0.2, 0) is 4.74 Å². The molecule has 2 rings (SSSR count). The minimum absolute atomic E-state index is 0.626. The van der Waals surface area contributed by atoms with E-state index in [1.165, 1.54) is 0 Å². The maximum absolute atomic E-state index is 5.74. The number of nitrogens with one attached hydrogen (secondary N) is 1. The molecule has 0 saturated carbocycles. The van der Waals surface area contributed by atoms with E-state index < -0.39 is 0 Å². The Kier molecular flexibility index (Phi) is 4.06. The Morgan fingerprint density at radius 2 is 1.94 bits per heavy atom. The van der Waals surface area contributed by atoms with Crippen molar-refractivity contribution >= 4 is 17.1 Å². The van der Waals surface area contributed by atoms with Crippen molar-refractivity contribution in [2.75, 3.05) is 56.2 Å². The molecule has 1 aromatic carbocycles. The molecule has 0 spiro atoms. The molecule has 1 saturated heterocycles. The molecule has 0 radical (unpaired) electrons. The summed E-state index contributed by atoms with van der Waals surface area (Å²) in [6, 6.07) is 5.64. The number of morpholine rings is 1. The Morgan fingerprint density at radius 3 is 2.65 bits per heavy atom. The molecule has 0 aliphatic carbocycles. The molecule has 1 aromatic rings. The molecule has 5 nitrogen and oxygen atoms in total.